The number of carbonyl (C=O) groups is 1. The minimum atomic E-state index is -4.79. The van der Waals surface area contributed by atoms with Gasteiger partial charge >= 0.3 is 13.0 Å². The average Bonchev–Trinajstić information content (AvgIpc) is 3.28. The van der Waals surface area contributed by atoms with Crippen LogP contribution in [-0.2, 0) is 4.79 Å². The number of carbonyl (C=O) groups excluding carboxylic acids is 1. The first-order valence-electron chi connectivity index (χ1n) is 14.4. The number of aromatic nitrogens is 2. The van der Waals surface area contributed by atoms with Crippen LogP contribution in [0.1, 0.15) is 46.1 Å². The van der Waals surface area contributed by atoms with Crippen LogP contribution >= 0.6 is 0 Å². The van der Waals surface area contributed by atoms with Gasteiger partial charge in [-0.3, -0.25) is 4.79 Å². The summed E-state index contributed by atoms with van der Waals surface area (Å²) in [6.07, 6.45) is -1.88. The van der Waals surface area contributed by atoms with Crippen LogP contribution in [0, 0.1) is 11.3 Å². The minimum absolute atomic E-state index is 0.0875. The van der Waals surface area contributed by atoms with Crippen LogP contribution in [-0.4, -0.2) is 35.0 Å². The van der Waals surface area contributed by atoms with Crippen LogP contribution in [0.25, 0.3) is 11.0 Å². The number of hydrogen-bond donors (Lipinski definition) is 2. The number of rotatable bonds is 10. The molecule has 2 atom stereocenters. The molecule has 1 aliphatic carbocycles. The number of fused-ring (bicyclic) bond motifs is 1. The normalized spacial score (nSPS) is 18.1. The second-order valence-corrected chi connectivity index (χ2v) is 12.0. The molecule has 1 aromatic heterocycles. The molecule has 1 aliphatic rings. The summed E-state index contributed by atoms with van der Waals surface area (Å²) in [5.74, 6) is 0.444. The van der Waals surface area contributed by atoms with Gasteiger partial charge in [-0.2, -0.15) is 8.78 Å². The highest BCUT2D eigenvalue weighted by Crippen LogP contribution is 2.46. The Morgan fingerprint density at radius 3 is 2.42 bits per heavy atom. The highest BCUT2D eigenvalue weighted by molar-refractivity contribution is 5.92. The van der Waals surface area contributed by atoms with Gasteiger partial charge in [-0.25, -0.2) is 4.98 Å². The van der Waals surface area contributed by atoms with E-state index in [9.17, 15) is 26.7 Å². The van der Waals surface area contributed by atoms with E-state index in [0.29, 0.717) is 28.8 Å². The minimum Gasteiger partial charge on any atom is -0.484 e. The monoisotopic (exact) mass is 632 g/mol. The Labute approximate surface area is 256 Å². The number of nitrogens with zero attached hydrogens (tertiary/aromatic N) is 2. The Kier molecular flexibility index (Phi) is 9.08. The van der Waals surface area contributed by atoms with Gasteiger partial charge in [0.1, 0.15) is 17.2 Å². The smallest absolute Gasteiger partial charge is 0.484 e. The lowest BCUT2D eigenvalue weighted by atomic mass is 9.70. The van der Waals surface area contributed by atoms with E-state index in [-0.39, 0.29) is 35.3 Å². The summed E-state index contributed by atoms with van der Waals surface area (Å²) >= 11 is 0. The maximum Gasteiger partial charge on any atom is 0.573 e. The Balaban J connectivity index is 1.36. The summed E-state index contributed by atoms with van der Waals surface area (Å²) < 4.78 is 79.1. The van der Waals surface area contributed by atoms with E-state index in [1.165, 1.54) is 48.5 Å². The van der Waals surface area contributed by atoms with Crippen LogP contribution in [0.5, 0.6) is 17.2 Å². The first kappa shape index (κ1) is 31.9. The fourth-order valence-electron chi connectivity index (χ4n) is 6.08. The van der Waals surface area contributed by atoms with Gasteiger partial charge in [-0.05, 0) is 79.1 Å². The third-order valence-corrected chi connectivity index (χ3v) is 7.45. The zero-order valence-corrected chi connectivity index (χ0v) is 24.8. The molecule has 0 unspecified atom stereocenters. The van der Waals surface area contributed by atoms with E-state index in [4.69, 9.17) is 9.72 Å². The van der Waals surface area contributed by atoms with Crippen molar-refractivity contribution in [3.8, 4) is 17.2 Å². The maximum absolute atomic E-state index is 12.6. The highest BCUT2D eigenvalue weighted by Gasteiger charge is 2.35. The van der Waals surface area contributed by atoms with E-state index in [2.05, 4.69) is 45.4 Å². The molecular weight excluding hydrogens is 599 g/mol. The molecule has 45 heavy (non-hydrogen) atoms. The average molecular weight is 633 g/mol. The molecule has 240 valence electrons. The number of hydrogen-bond acceptors (Lipinski definition) is 6. The first-order valence-corrected chi connectivity index (χ1v) is 14.4. The van der Waals surface area contributed by atoms with Crippen LogP contribution in [0.3, 0.4) is 0 Å². The van der Waals surface area contributed by atoms with Crippen LogP contribution < -0.4 is 24.8 Å². The quantitative estimate of drug-likeness (QED) is 0.170. The van der Waals surface area contributed by atoms with Crippen molar-refractivity contribution in [1.29, 1.82) is 0 Å². The van der Waals surface area contributed by atoms with Crippen molar-refractivity contribution >= 4 is 34.3 Å². The van der Waals surface area contributed by atoms with Gasteiger partial charge in [0, 0.05) is 29.5 Å². The van der Waals surface area contributed by atoms with Crippen molar-refractivity contribution in [3.63, 3.8) is 0 Å². The van der Waals surface area contributed by atoms with E-state index in [0.717, 1.165) is 24.8 Å². The number of amides is 1. The summed E-state index contributed by atoms with van der Waals surface area (Å²) in [6.45, 7) is 3.36. The molecule has 1 amide bonds. The number of benzene rings is 3. The van der Waals surface area contributed by atoms with Gasteiger partial charge in [0.15, 0.2) is 6.61 Å². The van der Waals surface area contributed by atoms with E-state index in [1.807, 2.05) is 6.07 Å². The Morgan fingerprint density at radius 1 is 1.00 bits per heavy atom. The highest BCUT2D eigenvalue weighted by atomic mass is 19.4. The van der Waals surface area contributed by atoms with Crippen molar-refractivity contribution < 1.29 is 41.0 Å². The zero-order chi connectivity index (χ0) is 32.4. The summed E-state index contributed by atoms with van der Waals surface area (Å²) in [5, 5.41) is 5.84. The SMILES string of the molecule is C[C@H]1C[C@@H](n2c(Nc3ccc(OC(F)(F)F)cc3)nc3cc(OCC(=O)Nc4cccc(OC(F)F)c4)ccc32)CC(C)(C)C1. The van der Waals surface area contributed by atoms with Gasteiger partial charge in [-0.15, -0.1) is 13.2 Å². The molecule has 5 rings (SSSR count). The molecule has 1 fully saturated rings. The Hall–Kier alpha value is -4.55. The fraction of sp³-hybridized carbons (Fsp3) is 0.375. The van der Waals surface area contributed by atoms with E-state index >= 15 is 0 Å². The fourth-order valence-corrected chi connectivity index (χ4v) is 6.08. The predicted molar refractivity (Wildman–Crippen MR) is 159 cm³/mol. The third kappa shape index (κ3) is 8.55. The number of imidazole rings is 1. The summed E-state index contributed by atoms with van der Waals surface area (Å²) in [6, 6.07) is 16.5. The van der Waals surface area contributed by atoms with Crippen LogP contribution in [0.4, 0.5) is 39.3 Å². The van der Waals surface area contributed by atoms with Gasteiger partial charge < -0.3 is 29.4 Å². The lowest BCUT2D eigenvalue weighted by molar-refractivity contribution is -0.274. The van der Waals surface area contributed by atoms with E-state index < -0.39 is 18.9 Å². The molecule has 2 N–H and O–H groups in total. The zero-order valence-electron chi connectivity index (χ0n) is 24.8. The molecule has 0 bridgehead atoms. The number of halogens is 5. The van der Waals surface area contributed by atoms with Gasteiger partial charge in [0.05, 0.1) is 11.0 Å². The topological polar surface area (TPSA) is 86.6 Å². The number of anilines is 3. The molecule has 1 saturated carbocycles. The Bertz CT molecular complexity index is 1640. The van der Waals surface area contributed by atoms with Gasteiger partial charge in [0.2, 0.25) is 5.95 Å². The predicted octanol–water partition coefficient (Wildman–Crippen LogP) is 8.68. The summed E-state index contributed by atoms with van der Waals surface area (Å²) in [7, 11) is 0. The molecule has 0 spiro atoms. The standard InChI is InChI=1S/C32H33F5N4O4/c1-19-13-22(17-31(2,3)16-19)41-27-12-11-24(43-18-28(42)38-21-5-4-6-25(14-21)44-29(33)34)15-26(27)40-30(41)39-20-7-9-23(10-8-20)45-32(35,36)37/h4-12,14-15,19,22,29H,13,16-18H2,1-3H3,(H,38,42)(H,39,40)/t19-,22+/m0/s1. The van der Waals surface area contributed by atoms with Gasteiger partial charge in [-0.1, -0.05) is 26.8 Å². The van der Waals surface area contributed by atoms with Crippen molar-refractivity contribution in [1.82, 2.24) is 9.55 Å². The van der Waals surface area contributed by atoms with Crippen molar-refractivity contribution in [2.24, 2.45) is 11.3 Å². The molecule has 8 nitrogen and oxygen atoms in total. The molecule has 13 heteroatoms. The van der Waals surface area contributed by atoms with Crippen LogP contribution in [0.15, 0.2) is 66.7 Å². The molecule has 3 aromatic carbocycles. The lowest BCUT2D eigenvalue weighted by Gasteiger charge is -2.40. The summed E-state index contributed by atoms with van der Waals surface area (Å²) in [5.41, 5.74) is 2.32. The second kappa shape index (κ2) is 12.8. The largest absolute Gasteiger partial charge is 0.573 e. The molecule has 4 aromatic rings. The lowest BCUT2D eigenvalue weighted by Crippen LogP contribution is -2.29. The van der Waals surface area contributed by atoms with Crippen LogP contribution in [0.2, 0.25) is 0 Å². The Morgan fingerprint density at radius 2 is 1.73 bits per heavy atom. The number of nitrogens with one attached hydrogen (secondary N) is 2. The van der Waals surface area contributed by atoms with Crippen molar-refractivity contribution in [2.75, 3.05) is 17.2 Å². The molecule has 0 aliphatic heterocycles. The first-order chi connectivity index (χ1) is 21.2. The van der Waals surface area contributed by atoms with Crippen molar-refractivity contribution in [2.45, 2.75) is 59.0 Å². The van der Waals surface area contributed by atoms with Crippen molar-refractivity contribution in [3.05, 3.63) is 66.7 Å². The molecule has 1 heterocycles. The molecular formula is C32H33F5N4O4. The van der Waals surface area contributed by atoms with E-state index in [1.54, 1.807) is 12.1 Å². The summed E-state index contributed by atoms with van der Waals surface area (Å²) in [4.78, 5) is 17.3. The molecule has 0 saturated heterocycles. The second-order valence-electron chi connectivity index (χ2n) is 12.0. The maximum atomic E-state index is 12.6. The number of alkyl halides is 5. The third-order valence-electron chi connectivity index (χ3n) is 7.45. The molecule has 0 radical (unpaired) electrons. The van der Waals surface area contributed by atoms with Gasteiger partial charge in [0.25, 0.3) is 5.91 Å². The number of ether oxygens (including phenoxy) is 3.